The molecular formula is C14H24N2O. The van der Waals surface area contributed by atoms with Crippen LogP contribution in [-0.2, 0) is 11.3 Å². The minimum atomic E-state index is 0.268. The van der Waals surface area contributed by atoms with Crippen LogP contribution in [0.5, 0.6) is 0 Å². The van der Waals surface area contributed by atoms with Gasteiger partial charge in [-0.1, -0.05) is 26.8 Å². The second-order valence-corrected chi connectivity index (χ2v) is 4.70. The van der Waals surface area contributed by atoms with Gasteiger partial charge in [0.2, 0.25) is 0 Å². The minimum absolute atomic E-state index is 0.268. The Hall–Kier alpha value is -1.09. The molecule has 0 saturated heterocycles. The highest BCUT2D eigenvalue weighted by atomic mass is 16.5. The Balaban J connectivity index is 2.48. The van der Waals surface area contributed by atoms with E-state index in [1.54, 1.807) is 0 Å². The van der Waals surface area contributed by atoms with Gasteiger partial charge in [-0.2, -0.15) is 0 Å². The summed E-state index contributed by atoms with van der Waals surface area (Å²) < 4.78 is 5.76. The average molecular weight is 236 g/mol. The van der Waals surface area contributed by atoms with Gasteiger partial charge in [0.1, 0.15) is 5.82 Å². The summed E-state index contributed by atoms with van der Waals surface area (Å²) in [4.78, 5) is 4.51. The van der Waals surface area contributed by atoms with Gasteiger partial charge in [-0.3, -0.25) is 0 Å². The van der Waals surface area contributed by atoms with Crippen molar-refractivity contribution >= 4 is 5.82 Å². The molecule has 1 atom stereocenters. The van der Waals surface area contributed by atoms with Gasteiger partial charge in [0.15, 0.2) is 0 Å². The molecule has 17 heavy (non-hydrogen) atoms. The lowest BCUT2D eigenvalue weighted by Crippen LogP contribution is -2.15. The fourth-order valence-electron chi connectivity index (χ4n) is 1.32. The van der Waals surface area contributed by atoms with Gasteiger partial charge in [-0.25, -0.2) is 4.98 Å². The van der Waals surface area contributed by atoms with Crippen LogP contribution in [0.1, 0.15) is 39.8 Å². The molecule has 0 aromatic carbocycles. The Bertz CT molecular complexity index is 326. The summed E-state index contributed by atoms with van der Waals surface area (Å²) in [6.45, 7) is 10.1. The van der Waals surface area contributed by atoms with E-state index in [9.17, 15) is 0 Å². The van der Waals surface area contributed by atoms with Crippen LogP contribution < -0.4 is 5.32 Å². The van der Waals surface area contributed by atoms with Gasteiger partial charge in [-0.15, -0.1) is 0 Å². The van der Waals surface area contributed by atoms with Gasteiger partial charge in [0.05, 0.1) is 18.4 Å². The number of pyridine rings is 1. The molecule has 1 N–H and O–H groups in total. The van der Waals surface area contributed by atoms with Crippen molar-refractivity contribution in [3.63, 3.8) is 0 Å². The SMILES string of the molecule is CCCNc1cccc(COC(C)C(C)C)n1. The second-order valence-electron chi connectivity index (χ2n) is 4.70. The van der Waals surface area contributed by atoms with Gasteiger partial charge in [0.25, 0.3) is 0 Å². The molecule has 0 aliphatic rings. The molecule has 3 heteroatoms. The molecule has 1 aromatic rings. The summed E-state index contributed by atoms with van der Waals surface area (Å²) in [6.07, 6.45) is 1.37. The van der Waals surface area contributed by atoms with Crippen LogP contribution in [0.2, 0.25) is 0 Å². The molecule has 0 amide bonds. The van der Waals surface area contributed by atoms with Crippen LogP contribution >= 0.6 is 0 Å². The number of nitrogens with zero attached hydrogens (tertiary/aromatic N) is 1. The topological polar surface area (TPSA) is 34.1 Å². The number of rotatable bonds is 7. The van der Waals surface area contributed by atoms with Gasteiger partial charge >= 0.3 is 0 Å². The van der Waals surface area contributed by atoms with Crippen LogP contribution in [-0.4, -0.2) is 17.6 Å². The lowest BCUT2D eigenvalue weighted by Gasteiger charge is -2.16. The lowest BCUT2D eigenvalue weighted by molar-refractivity contribution is 0.0219. The Kier molecular flexibility index (Phi) is 5.98. The zero-order valence-electron chi connectivity index (χ0n) is 11.4. The maximum absolute atomic E-state index is 5.76. The highest BCUT2D eigenvalue weighted by molar-refractivity contribution is 5.34. The zero-order chi connectivity index (χ0) is 12.7. The molecule has 1 unspecified atom stereocenters. The molecule has 96 valence electrons. The van der Waals surface area contributed by atoms with Crippen LogP contribution in [0.4, 0.5) is 5.82 Å². The summed E-state index contributed by atoms with van der Waals surface area (Å²) >= 11 is 0. The first-order chi connectivity index (χ1) is 8.13. The van der Waals surface area contributed by atoms with E-state index in [-0.39, 0.29) is 6.10 Å². The summed E-state index contributed by atoms with van der Waals surface area (Å²) in [5.74, 6) is 1.47. The first kappa shape index (κ1) is 14.0. The highest BCUT2D eigenvalue weighted by Crippen LogP contribution is 2.10. The third kappa shape index (κ3) is 5.18. The third-order valence-corrected chi connectivity index (χ3v) is 2.80. The molecule has 0 spiro atoms. The van der Waals surface area contributed by atoms with Crippen molar-refractivity contribution in [3.05, 3.63) is 23.9 Å². The molecule has 1 aromatic heterocycles. The maximum Gasteiger partial charge on any atom is 0.126 e. The Morgan fingerprint density at radius 1 is 1.29 bits per heavy atom. The van der Waals surface area contributed by atoms with Crippen LogP contribution in [0.3, 0.4) is 0 Å². The summed E-state index contributed by atoms with van der Waals surface area (Å²) in [5, 5.41) is 3.28. The zero-order valence-corrected chi connectivity index (χ0v) is 11.4. The van der Waals surface area contributed by atoms with Crippen molar-refractivity contribution in [2.75, 3.05) is 11.9 Å². The van der Waals surface area contributed by atoms with Crippen molar-refractivity contribution in [3.8, 4) is 0 Å². The summed E-state index contributed by atoms with van der Waals surface area (Å²) in [6, 6.07) is 6.01. The van der Waals surface area contributed by atoms with E-state index < -0.39 is 0 Å². The smallest absolute Gasteiger partial charge is 0.126 e. The number of hydrogen-bond acceptors (Lipinski definition) is 3. The van der Waals surface area contributed by atoms with Gasteiger partial charge < -0.3 is 10.1 Å². The van der Waals surface area contributed by atoms with Gasteiger partial charge in [-0.05, 0) is 31.4 Å². The monoisotopic (exact) mass is 236 g/mol. The summed E-state index contributed by atoms with van der Waals surface area (Å²) in [7, 11) is 0. The second kappa shape index (κ2) is 7.28. The first-order valence-corrected chi connectivity index (χ1v) is 6.45. The number of anilines is 1. The van der Waals surface area contributed by atoms with E-state index >= 15 is 0 Å². The van der Waals surface area contributed by atoms with Crippen LogP contribution in [0.15, 0.2) is 18.2 Å². The van der Waals surface area contributed by atoms with E-state index in [0.29, 0.717) is 12.5 Å². The first-order valence-electron chi connectivity index (χ1n) is 6.45. The average Bonchev–Trinajstić information content (AvgIpc) is 2.33. The van der Waals surface area contributed by atoms with E-state index in [1.807, 2.05) is 18.2 Å². The standard InChI is InChI=1S/C14H24N2O/c1-5-9-15-14-8-6-7-13(16-14)10-17-12(4)11(2)3/h6-8,11-12H,5,9-10H2,1-4H3,(H,15,16). The highest BCUT2D eigenvalue weighted by Gasteiger charge is 2.07. The van der Waals surface area contributed by atoms with Crippen molar-refractivity contribution in [2.45, 2.75) is 46.8 Å². The van der Waals surface area contributed by atoms with Gasteiger partial charge in [0, 0.05) is 6.54 Å². The fourth-order valence-corrected chi connectivity index (χ4v) is 1.32. The largest absolute Gasteiger partial charge is 0.372 e. The predicted molar refractivity (Wildman–Crippen MR) is 72.1 cm³/mol. The Morgan fingerprint density at radius 2 is 2.06 bits per heavy atom. The maximum atomic E-state index is 5.76. The number of hydrogen-bond donors (Lipinski definition) is 1. The van der Waals surface area contributed by atoms with E-state index in [4.69, 9.17) is 4.74 Å². The number of aromatic nitrogens is 1. The molecule has 1 rings (SSSR count). The van der Waals surface area contributed by atoms with Crippen molar-refractivity contribution in [1.29, 1.82) is 0 Å². The molecule has 0 aliphatic carbocycles. The molecular weight excluding hydrogens is 212 g/mol. The fraction of sp³-hybridized carbons (Fsp3) is 0.643. The lowest BCUT2D eigenvalue weighted by atomic mass is 10.1. The van der Waals surface area contributed by atoms with E-state index in [1.165, 1.54) is 0 Å². The Morgan fingerprint density at radius 3 is 2.71 bits per heavy atom. The van der Waals surface area contributed by atoms with Crippen LogP contribution in [0.25, 0.3) is 0 Å². The number of ether oxygens (including phenoxy) is 1. The predicted octanol–water partition coefficient (Wildman–Crippen LogP) is 3.46. The molecule has 0 radical (unpaired) electrons. The minimum Gasteiger partial charge on any atom is -0.372 e. The third-order valence-electron chi connectivity index (χ3n) is 2.80. The quantitative estimate of drug-likeness (QED) is 0.787. The molecule has 3 nitrogen and oxygen atoms in total. The molecule has 0 saturated carbocycles. The van der Waals surface area contributed by atoms with Crippen LogP contribution in [0, 0.1) is 5.92 Å². The van der Waals surface area contributed by atoms with Crippen molar-refractivity contribution in [1.82, 2.24) is 4.98 Å². The van der Waals surface area contributed by atoms with E-state index in [2.05, 4.69) is 38.0 Å². The van der Waals surface area contributed by atoms with Crippen molar-refractivity contribution < 1.29 is 4.74 Å². The number of nitrogens with one attached hydrogen (secondary N) is 1. The molecule has 0 fully saturated rings. The molecule has 0 bridgehead atoms. The van der Waals surface area contributed by atoms with Crippen molar-refractivity contribution in [2.24, 2.45) is 5.92 Å². The Labute approximate surface area is 105 Å². The molecule has 1 heterocycles. The molecule has 0 aliphatic heterocycles. The normalized spacial score (nSPS) is 12.8. The summed E-state index contributed by atoms with van der Waals surface area (Å²) in [5.41, 5.74) is 0.985. The van der Waals surface area contributed by atoms with E-state index in [0.717, 1.165) is 24.5 Å².